The van der Waals surface area contributed by atoms with Crippen LogP contribution in [-0.2, 0) is 9.53 Å². The van der Waals surface area contributed by atoms with Crippen LogP contribution in [0.2, 0.25) is 0 Å². The van der Waals surface area contributed by atoms with Gasteiger partial charge in [0.15, 0.2) is 0 Å². The Bertz CT molecular complexity index is 222. The van der Waals surface area contributed by atoms with Gasteiger partial charge in [-0.25, -0.2) is 0 Å². The van der Waals surface area contributed by atoms with E-state index in [1.165, 1.54) is 7.11 Å². The lowest BCUT2D eigenvalue weighted by molar-refractivity contribution is -0.153. The van der Waals surface area contributed by atoms with Gasteiger partial charge in [-0.1, -0.05) is 0 Å². The van der Waals surface area contributed by atoms with Crippen molar-refractivity contribution in [2.75, 3.05) is 26.8 Å². The van der Waals surface area contributed by atoms with Crippen LogP contribution in [0.5, 0.6) is 0 Å². The number of rotatable bonds is 4. The molecule has 0 bridgehead atoms. The van der Waals surface area contributed by atoms with Crippen molar-refractivity contribution in [2.24, 2.45) is 5.73 Å². The van der Waals surface area contributed by atoms with Gasteiger partial charge in [0.1, 0.15) is 5.54 Å². The van der Waals surface area contributed by atoms with E-state index in [0.717, 1.165) is 13.0 Å². The first-order valence-corrected chi connectivity index (χ1v) is 4.73. The highest BCUT2D eigenvalue weighted by Gasteiger charge is 2.42. The number of nitrogens with zero attached hydrogens (tertiary/aromatic N) is 1. The summed E-state index contributed by atoms with van der Waals surface area (Å²) in [6.07, 6.45) is 0.854. The first-order valence-electron chi connectivity index (χ1n) is 4.73. The predicted octanol–water partition coefficient (Wildman–Crippen LogP) is -0.491. The lowest BCUT2D eigenvalue weighted by Crippen LogP contribution is -2.55. The molecule has 82 valence electrons. The van der Waals surface area contributed by atoms with Crippen LogP contribution < -0.4 is 5.73 Å². The fourth-order valence-electron chi connectivity index (χ4n) is 1.80. The van der Waals surface area contributed by atoms with Crippen LogP contribution >= 0.6 is 0 Å². The third-order valence-corrected chi connectivity index (χ3v) is 2.81. The van der Waals surface area contributed by atoms with Gasteiger partial charge in [0, 0.05) is 26.2 Å². The molecule has 3 N–H and O–H groups in total. The number of hydrogen-bond donors (Lipinski definition) is 2. The number of aliphatic carboxylic acids is 1. The highest BCUT2D eigenvalue weighted by molar-refractivity contribution is 5.78. The standard InChI is InChI=1S/C9H18N2O3/c1-9(6-14-2,8(12)13)11-4-3-7(10)5-11/h7H,3-6,10H2,1-2H3,(H,12,13). The molecular formula is C9H18N2O3. The van der Waals surface area contributed by atoms with Gasteiger partial charge in [0.25, 0.3) is 0 Å². The second-order valence-electron chi connectivity index (χ2n) is 4.01. The lowest BCUT2D eigenvalue weighted by Gasteiger charge is -2.34. The Morgan fingerprint density at radius 1 is 1.79 bits per heavy atom. The van der Waals surface area contributed by atoms with Gasteiger partial charge >= 0.3 is 5.97 Å². The van der Waals surface area contributed by atoms with Crippen LogP contribution in [0.25, 0.3) is 0 Å². The monoisotopic (exact) mass is 202 g/mol. The average Bonchev–Trinajstić information content (AvgIpc) is 2.52. The Morgan fingerprint density at radius 2 is 2.43 bits per heavy atom. The zero-order chi connectivity index (χ0) is 10.8. The Hall–Kier alpha value is -0.650. The summed E-state index contributed by atoms with van der Waals surface area (Å²) in [5.41, 5.74) is 4.80. The zero-order valence-electron chi connectivity index (χ0n) is 8.69. The molecule has 0 aromatic rings. The van der Waals surface area contributed by atoms with Crippen molar-refractivity contribution in [3.63, 3.8) is 0 Å². The molecule has 1 fully saturated rings. The van der Waals surface area contributed by atoms with Gasteiger partial charge in [-0.05, 0) is 13.3 Å². The molecule has 0 amide bonds. The molecule has 1 heterocycles. The van der Waals surface area contributed by atoms with Gasteiger partial charge in [0.05, 0.1) is 6.61 Å². The average molecular weight is 202 g/mol. The molecule has 1 aliphatic rings. The third-order valence-electron chi connectivity index (χ3n) is 2.81. The molecule has 14 heavy (non-hydrogen) atoms. The maximum atomic E-state index is 11.1. The van der Waals surface area contributed by atoms with Crippen LogP contribution in [0.15, 0.2) is 0 Å². The van der Waals surface area contributed by atoms with Crippen LogP contribution in [0.1, 0.15) is 13.3 Å². The second-order valence-corrected chi connectivity index (χ2v) is 4.01. The van der Waals surface area contributed by atoms with E-state index in [0.29, 0.717) is 6.54 Å². The first-order chi connectivity index (χ1) is 6.50. The minimum absolute atomic E-state index is 0.0885. The first kappa shape index (κ1) is 11.4. The van der Waals surface area contributed by atoms with Crippen LogP contribution in [0.4, 0.5) is 0 Å². The summed E-state index contributed by atoms with van der Waals surface area (Å²) >= 11 is 0. The summed E-state index contributed by atoms with van der Waals surface area (Å²) in [5, 5.41) is 9.15. The molecule has 2 atom stereocenters. The fourth-order valence-corrected chi connectivity index (χ4v) is 1.80. The van der Waals surface area contributed by atoms with E-state index in [-0.39, 0.29) is 12.6 Å². The third kappa shape index (κ3) is 2.05. The van der Waals surface area contributed by atoms with Gasteiger partial charge in [0.2, 0.25) is 0 Å². The van der Waals surface area contributed by atoms with E-state index >= 15 is 0 Å². The predicted molar refractivity (Wildman–Crippen MR) is 52.1 cm³/mol. The number of ether oxygens (including phenoxy) is 1. The maximum absolute atomic E-state index is 11.1. The molecule has 0 radical (unpaired) electrons. The summed E-state index contributed by atoms with van der Waals surface area (Å²) in [6.45, 7) is 3.23. The number of nitrogens with two attached hydrogens (primary N) is 1. The lowest BCUT2D eigenvalue weighted by atomic mass is 10.0. The van der Waals surface area contributed by atoms with Crippen molar-refractivity contribution in [3.8, 4) is 0 Å². The van der Waals surface area contributed by atoms with Crippen molar-refractivity contribution in [1.82, 2.24) is 4.90 Å². The van der Waals surface area contributed by atoms with Crippen LogP contribution in [0, 0.1) is 0 Å². The van der Waals surface area contributed by atoms with E-state index < -0.39 is 11.5 Å². The highest BCUT2D eigenvalue weighted by atomic mass is 16.5. The molecule has 0 aromatic carbocycles. The number of methoxy groups -OCH3 is 1. The molecule has 2 unspecified atom stereocenters. The van der Waals surface area contributed by atoms with Crippen LogP contribution in [0.3, 0.4) is 0 Å². The molecule has 5 heteroatoms. The van der Waals surface area contributed by atoms with Crippen LogP contribution in [-0.4, -0.2) is 54.4 Å². The van der Waals surface area contributed by atoms with E-state index in [1.807, 2.05) is 4.90 Å². The second kappa shape index (κ2) is 4.25. The van der Waals surface area contributed by atoms with Crippen molar-refractivity contribution >= 4 is 5.97 Å². The molecule has 5 nitrogen and oxygen atoms in total. The van der Waals surface area contributed by atoms with Gasteiger partial charge in [-0.15, -0.1) is 0 Å². The molecule has 0 aromatic heterocycles. The summed E-state index contributed by atoms with van der Waals surface area (Å²) in [7, 11) is 1.51. The van der Waals surface area contributed by atoms with E-state index in [2.05, 4.69) is 0 Å². The number of carboxylic acid groups (broad SMARTS) is 1. The number of carboxylic acids is 1. The van der Waals surface area contributed by atoms with Crippen molar-refractivity contribution in [3.05, 3.63) is 0 Å². The number of carbonyl (C=O) groups is 1. The molecule has 1 saturated heterocycles. The minimum Gasteiger partial charge on any atom is -0.480 e. The Labute approximate surface area is 83.8 Å². The summed E-state index contributed by atoms with van der Waals surface area (Å²) < 4.78 is 4.95. The largest absolute Gasteiger partial charge is 0.480 e. The number of hydrogen-bond acceptors (Lipinski definition) is 4. The summed E-state index contributed by atoms with van der Waals surface area (Å²) in [6, 6.07) is 0.0885. The molecule has 1 aliphatic heterocycles. The smallest absolute Gasteiger partial charge is 0.326 e. The zero-order valence-corrected chi connectivity index (χ0v) is 8.69. The molecule has 0 spiro atoms. The Balaban J connectivity index is 2.72. The molecule has 0 saturated carbocycles. The summed E-state index contributed by atoms with van der Waals surface area (Å²) in [5.74, 6) is -0.853. The van der Waals surface area contributed by atoms with Gasteiger partial charge < -0.3 is 15.6 Å². The quantitative estimate of drug-likeness (QED) is 0.643. The van der Waals surface area contributed by atoms with Crippen molar-refractivity contribution in [2.45, 2.75) is 24.9 Å². The fraction of sp³-hybridized carbons (Fsp3) is 0.889. The maximum Gasteiger partial charge on any atom is 0.326 e. The Morgan fingerprint density at radius 3 is 2.79 bits per heavy atom. The van der Waals surface area contributed by atoms with Crippen molar-refractivity contribution < 1.29 is 14.6 Å². The van der Waals surface area contributed by atoms with Gasteiger partial charge in [-0.3, -0.25) is 9.69 Å². The van der Waals surface area contributed by atoms with E-state index in [4.69, 9.17) is 15.6 Å². The van der Waals surface area contributed by atoms with Crippen molar-refractivity contribution in [1.29, 1.82) is 0 Å². The Kier molecular flexibility index (Phi) is 3.47. The van der Waals surface area contributed by atoms with E-state index in [9.17, 15) is 4.79 Å². The highest BCUT2D eigenvalue weighted by Crippen LogP contribution is 2.21. The SMILES string of the molecule is COCC(C)(C(=O)O)N1CCC(N)C1. The topological polar surface area (TPSA) is 75.8 Å². The normalized spacial score (nSPS) is 27.5. The number of likely N-dealkylation sites (tertiary alicyclic amines) is 1. The molecule has 0 aliphatic carbocycles. The minimum atomic E-state index is -0.942. The van der Waals surface area contributed by atoms with E-state index in [1.54, 1.807) is 6.92 Å². The summed E-state index contributed by atoms with van der Waals surface area (Å²) in [4.78, 5) is 13.0. The molecule has 1 rings (SSSR count). The van der Waals surface area contributed by atoms with Gasteiger partial charge in [-0.2, -0.15) is 0 Å². The molecular weight excluding hydrogens is 184 g/mol.